The van der Waals surface area contributed by atoms with Crippen LogP contribution < -0.4 is 0 Å². The predicted molar refractivity (Wildman–Crippen MR) is 290 cm³/mol. The number of aromatic amines is 1. The van der Waals surface area contributed by atoms with Gasteiger partial charge in [0.15, 0.2) is 0 Å². The Morgan fingerprint density at radius 1 is 0.727 bits per heavy atom. The maximum absolute atomic E-state index is 4.38. The molecule has 1 N–H and O–H groups in total. The van der Waals surface area contributed by atoms with Crippen LogP contribution >= 0.6 is 0 Å². The van der Waals surface area contributed by atoms with Crippen LogP contribution in [0.3, 0.4) is 0 Å². The number of benzene rings is 6. The van der Waals surface area contributed by atoms with Gasteiger partial charge in [-0.2, -0.15) is 0 Å². The van der Waals surface area contributed by atoms with Crippen LogP contribution in [-0.4, -0.2) is 4.98 Å². The lowest BCUT2D eigenvalue weighted by molar-refractivity contribution is 0.861. The van der Waals surface area contributed by atoms with Crippen LogP contribution in [0.5, 0.6) is 0 Å². The van der Waals surface area contributed by atoms with E-state index in [0.717, 1.165) is 30.4 Å². The van der Waals surface area contributed by atoms with Gasteiger partial charge in [0, 0.05) is 29.8 Å². The summed E-state index contributed by atoms with van der Waals surface area (Å²) in [6, 6.07) is 44.3. The minimum absolute atomic E-state index is 0.0761. The molecule has 0 spiro atoms. The topological polar surface area (TPSA) is 15.8 Å². The number of rotatable bonds is 10. The van der Waals surface area contributed by atoms with Gasteiger partial charge in [-0.1, -0.05) is 217 Å². The molecule has 326 valence electrons. The number of allylic oxidation sites excluding steroid dienone is 17. The van der Waals surface area contributed by atoms with Gasteiger partial charge in [0.25, 0.3) is 0 Å². The first-order chi connectivity index (χ1) is 32.3. The third-order valence-corrected chi connectivity index (χ3v) is 13.2. The highest BCUT2D eigenvalue weighted by atomic mass is 14.7. The number of nitrogens with one attached hydrogen (secondary N) is 1. The molecular formula is C65H61N. The van der Waals surface area contributed by atoms with Gasteiger partial charge in [0.1, 0.15) is 0 Å². The Labute approximate surface area is 393 Å². The van der Waals surface area contributed by atoms with Crippen molar-refractivity contribution in [1.29, 1.82) is 0 Å². The van der Waals surface area contributed by atoms with Crippen LogP contribution in [-0.2, 0) is 6.42 Å². The molecule has 0 saturated heterocycles. The Balaban J connectivity index is 0.000000217. The van der Waals surface area contributed by atoms with Gasteiger partial charge >= 0.3 is 0 Å². The highest BCUT2D eigenvalue weighted by Crippen LogP contribution is 2.42. The van der Waals surface area contributed by atoms with E-state index >= 15 is 0 Å². The van der Waals surface area contributed by atoms with Crippen LogP contribution in [0, 0.1) is 5.92 Å². The zero-order valence-corrected chi connectivity index (χ0v) is 39.1. The molecule has 1 nitrogen and oxygen atoms in total. The van der Waals surface area contributed by atoms with Crippen LogP contribution in [0.4, 0.5) is 0 Å². The summed E-state index contributed by atoms with van der Waals surface area (Å²) in [7, 11) is 0. The molecule has 0 amide bonds. The fourth-order valence-corrected chi connectivity index (χ4v) is 9.67. The van der Waals surface area contributed by atoms with E-state index in [2.05, 4.69) is 209 Å². The Bertz CT molecular complexity index is 3180. The molecule has 2 atom stereocenters. The quantitative estimate of drug-likeness (QED) is 0.104. The Morgan fingerprint density at radius 3 is 2.09 bits per heavy atom. The van der Waals surface area contributed by atoms with Crippen LogP contribution in [0.1, 0.15) is 74.3 Å². The van der Waals surface area contributed by atoms with Crippen LogP contribution in [0.15, 0.2) is 248 Å². The molecule has 0 saturated carbocycles. The van der Waals surface area contributed by atoms with E-state index in [4.69, 9.17) is 0 Å². The summed E-state index contributed by atoms with van der Waals surface area (Å²) >= 11 is 0. The van der Waals surface area contributed by atoms with E-state index in [1.54, 1.807) is 0 Å². The Hall–Kier alpha value is -7.48. The van der Waals surface area contributed by atoms with Gasteiger partial charge in [0.05, 0.1) is 0 Å². The molecule has 7 aromatic rings. The van der Waals surface area contributed by atoms with Crippen LogP contribution in [0.25, 0.3) is 55.2 Å². The Kier molecular flexibility index (Phi) is 14.1. The molecule has 6 aromatic carbocycles. The van der Waals surface area contributed by atoms with Gasteiger partial charge in [-0.3, -0.25) is 0 Å². The molecule has 66 heavy (non-hydrogen) atoms. The second-order valence-corrected chi connectivity index (χ2v) is 17.1. The van der Waals surface area contributed by atoms with Gasteiger partial charge in [-0.05, 0) is 144 Å². The smallest absolute Gasteiger partial charge is 0.0492 e. The van der Waals surface area contributed by atoms with Gasteiger partial charge in [-0.25, -0.2) is 0 Å². The summed E-state index contributed by atoms with van der Waals surface area (Å²) in [5, 5.41) is 7.80. The molecular weight excluding hydrogens is 795 g/mol. The zero-order valence-electron chi connectivity index (χ0n) is 39.1. The van der Waals surface area contributed by atoms with Gasteiger partial charge in [0.2, 0.25) is 0 Å². The summed E-state index contributed by atoms with van der Waals surface area (Å²) in [6.07, 6.45) is 28.8. The summed E-state index contributed by atoms with van der Waals surface area (Å²) < 4.78 is 0. The van der Waals surface area contributed by atoms with E-state index in [-0.39, 0.29) is 5.92 Å². The second kappa shape index (κ2) is 20.6. The van der Waals surface area contributed by atoms with E-state index < -0.39 is 0 Å². The molecule has 2 unspecified atom stereocenters. The number of aromatic nitrogens is 1. The van der Waals surface area contributed by atoms with Crippen molar-refractivity contribution in [2.45, 2.75) is 52.9 Å². The second-order valence-electron chi connectivity index (χ2n) is 17.1. The van der Waals surface area contributed by atoms with Crippen molar-refractivity contribution in [2.24, 2.45) is 5.92 Å². The monoisotopic (exact) mass is 855 g/mol. The number of hydrogen-bond donors (Lipinski definition) is 1. The fourth-order valence-electron chi connectivity index (χ4n) is 9.67. The van der Waals surface area contributed by atoms with Crippen molar-refractivity contribution in [3.63, 3.8) is 0 Å². The largest absolute Gasteiger partial charge is 0.361 e. The van der Waals surface area contributed by atoms with Crippen molar-refractivity contribution in [1.82, 2.24) is 4.98 Å². The average molecular weight is 856 g/mol. The first-order valence-electron chi connectivity index (χ1n) is 23.5. The van der Waals surface area contributed by atoms with Crippen molar-refractivity contribution in [2.75, 3.05) is 0 Å². The standard InChI is InChI=1S/C42H33N.C21H22.C2H6/c1-3-27(2)32-10-4-5-11-34(32)33(20-17-28-16-18-29-25-31-22-23-43-42(31)40(29)24-28)30-19-21-39-37-14-7-6-12-35(37)36-13-8-9-15-38(36)41(39)26-30;1-5-10-18(6-2)20-13-16(3)17(4)14-21(15-20)19-11-8-7-9-12-19;1-2/h3,5-9,11-24,26,33,43H,1-2,4,10,25H2;5-16H,1-2H2,3-4H3;1-2H3/b;18-10+;. The first kappa shape index (κ1) is 45.1. The van der Waals surface area contributed by atoms with E-state index in [0.29, 0.717) is 5.92 Å². The summed E-state index contributed by atoms with van der Waals surface area (Å²) in [5.74, 6) is 0.484. The molecule has 3 aliphatic carbocycles. The fraction of sp³-hybridized carbons (Fsp3) is 0.138. The Morgan fingerprint density at radius 2 is 1.41 bits per heavy atom. The van der Waals surface area contributed by atoms with E-state index in [9.17, 15) is 0 Å². The number of H-pyrrole nitrogens is 1. The first-order valence-corrected chi connectivity index (χ1v) is 23.5. The number of hydrogen-bond acceptors (Lipinski definition) is 0. The zero-order chi connectivity index (χ0) is 46.2. The average Bonchev–Trinajstić information content (AvgIpc) is 3.94. The van der Waals surface area contributed by atoms with Gasteiger partial charge < -0.3 is 4.98 Å². The highest BCUT2D eigenvalue weighted by Gasteiger charge is 2.22. The van der Waals surface area contributed by atoms with Crippen molar-refractivity contribution >= 4 is 44.0 Å². The maximum Gasteiger partial charge on any atom is 0.0492 e. The van der Waals surface area contributed by atoms with Crippen molar-refractivity contribution in [3.8, 4) is 11.3 Å². The molecule has 0 bridgehead atoms. The van der Waals surface area contributed by atoms with E-state index in [1.807, 2.05) is 44.2 Å². The van der Waals surface area contributed by atoms with Gasteiger partial charge in [-0.15, -0.1) is 0 Å². The minimum atomic E-state index is 0.0761. The molecule has 1 heteroatoms. The molecule has 0 fully saturated rings. The molecule has 10 rings (SSSR count). The van der Waals surface area contributed by atoms with E-state index in [1.165, 1.54) is 99.3 Å². The third kappa shape index (κ3) is 9.21. The third-order valence-electron chi connectivity index (χ3n) is 13.2. The molecule has 0 radical (unpaired) electrons. The summed E-state index contributed by atoms with van der Waals surface area (Å²) in [5.41, 5.74) is 17.6. The SMILES string of the molecule is C=C/C=C(\C=C)C1=CC(C)C(C)=CC(c2ccccc2)=C1.C=CC(=C)C1=C(C(C=Cc2ccc3c(c2)-c2[nH]ccc2C3)c2ccc3c4ccccc4c4ccccc4c3c2)C=CCC1.CC. The molecule has 3 aliphatic rings. The molecule has 1 aromatic heterocycles. The summed E-state index contributed by atoms with van der Waals surface area (Å²) in [6.45, 7) is 24.6. The maximum atomic E-state index is 4.38. The van der Waals surface area contributed by atoms with Crippen LogP contribution in [0.2, 0.25) is 0 Å². The predicted octanol–water partition coefficient (Wildman–Crippen LogP) is 18.1. The minimum Gasteiger partial charge on any atom is -0.361 e. The molecule has 1 heterocycles. The molecule has 0 aliphatic heterocycles. The summed E-state index contributed by atoms with van der Waals surface area (Å²) in [4.78, 5) is 3.45. The lowest BCUT2D eigenvalue weighted by Gasteiger charge is -2.24. The lowest BCUT2D eigenvalue weighted by atomic mass is 9.80. The van der Waals surface area contributed by atoms with Crippen molar-refractivity contribution < 1.29 is 0 Å². The normalized spacial score (nSPS) is 15.9. The highest BCUT2D eigenvalue weighted by molar-refractivity contribution is 6.25. The van der Waals surface area contributed by atoms with Crippen molar-refractivity contribution in [3.05, 3.63) is 276 Å². The lowest BCUT2D eigenvalue weighted by Crippen LogP contribution is -2.06. The number of fused-ring (bicyclic) bond motifs is 9.